The Kier molecular flexibility index (Phi) is 8.36. The summed E-state index contributed by atoms with van der Waals surface area (Å²) < 4.78 is 48.8. The summed E-state index contributed by atoms with van der Waals surface area (Å²) >= 11 is 0. The molecule has 0 spiro atoms. The average Bonchev–Trinajstić information content (AvgIpc) is 3.33. The van der Waals surface area contributed by atoms with Gasteiger partial charge in [0.2, 0.25) is 0 Å². The summed E-state index contributed by atoms with van der Waals surface area (Å²) in [4.78, 5) is 19.6. The molecule has 2 aromatic carbocycles. The van der Waals surface area contributed by atoms with Crippen LogP contribution < -0.4 is 10.1 Å². The fourth-order valence-corrected chi connectivity index (χ4v) is 4.34. The predicted molar refractivity (Wildman–Crippen MR) is 143 cm³/mol. The molecule has 9 heteroatoms. The van der Waals surface area contributed by atoms with Crippen LogP contribution in [0.2, 0.25) is 0 Å². The van der Waals surface area contributed by atoms with Crippen LogP contribution >= 0.6 is 0 Å². The normalized spacial score (nSPS) is 11.8. The average molecular weight is 525 g/mol. The molecule has 6 nitrogen and oxygen atoms in total. The van der Waals surface area contributed by atoms with Gasteiger partial charge in [-0.2, -0.15) is 13.2 Å². The molecule has 0 aliphatic carbocycles. The summed E-state index contributed by atoms with van der Waals surface area (Å²) in [5, 5.41) is 2.60. The summed E-state index contributed by atoms with van der Waals surface area (Å²) in [5.41, 5.74) is 2.77. The number of hydrogen-bond acceptors (Lipinski definition) is 4. The molecular formula is C29H31F3N4O2. The SMILES string of the molecule is CCN(CC)CCCOc1ccc(NC(=O)c2ccc(C)c(-c3cnc4ccccn34)c2)cc1C(F)(F)F. The molecule has 0 radical (unpaired) electrons. The van der Waals surface area contributed by atoms with Crippen LogP contribution in [0.25, 0.3) is 16.9 Å². The summed E-state index contributed by atoms with van der Waals surface area (Å²) in [7, 11) is 0. The van der Waals surface area contributed by atoms with Gasteiger partial charge in [-0.1, -0.05) is 26.0 Å². The van der Waals surface area contributed by atoms with E-state index in [2.05, 4.69) is 15.2 Å². The van der Waals surface area contributed by atoms with E-state index in [1.54, 1.807) is 18.3 Å². The van der Waals surface area contributed by atoms with Crippen molar-refractivity contribution in [2.45, 2.75) is 33.4 Å². The molecule has 1 N–H and O–H groups in total. The quantitative estimate of drug-likeness (QED) is 0.235. The molecule has 0 saturated carbocycles. The highest BCUT2D eigenvalue weighted by Gasteiger charge is 2.35. The van der Waals surface area contributed by atoms with Crippen LogP contribution in [0.1, 0.15) is 41.8 Å². The Labute approximate surface area is 220 Å². The predicted octanol–water partition coefficient (Wildman–Crippen LogP) is 6.69. The highest BCUT2D eigenvalue weighted by molar-refractivity contribution is 6.05. The Bertz CT molecular complexity index is 1410. The Morgan fingerprint density at radius 1 is 1.08 bits per heavy atom. The van der Waals surface area contributed by atoms with Gasteiger partial charge < -0.3 is 15.0 Å². The zero-order chi connectivity index (χ0) is 27.3. The van der Waals surface area contributed by atoms with E-state index in [4.69, 9.17) is 4.74 Å². The van der Waals surface area contributed by atoms with Gasteiger partial charge in [-0.25, -0.2) is 4.98 Å². The number of aromatic nitrogens is 2. The Balaban J connectivity index is 1.52. The van der Waals surface area contributed by atoms with Crippen molar-refractivity contribution in [1.82, 2.24) is 14.3 Å². The van der Waals surface area contributed by atoms with Crippen molar-refractivity contribution in [1.29, 1.82) is 0 Å². The summed E-state index contributed by atoms with van der Waals surface area (Å²) in [6.07, 6.45) is -0.403. The van der Waals surface area contributed by atoms with Crippen molar-refractivity contribution in [3.05, 3.63) is 83.7 Å². The van der Waals surface area contributed by atoms with Gasteiger partial charge in [-0.15, -0.1) is 0 Å². The number of nitrogens with zero attached hydrogens (tertiary/aromatic N) is 3. The lowest BCUT2D eigenvalue weighted by molar-refractivity contribution is -0.138. The monoisotopic (exact) mass is 524 g/mol. The number of nitrogens with one attached hydrogen (secondary N) is 1. The van der Waals surface area contributed by atoms with E-state index in [0.717, 1.165) is 48.2 Å². The van der Waals surface area contributed by atoms with Crippen molar-refractivity contribution in [2.75, 3.05) is 31.6 Å². The fourth-order valence-electron chi connectivity index (χ4n) is 4.34. The lowest BCUT2D eigenvalue weighted by Crippen LogP contribution is -2.25. The van der Waals surface area contributed by atoms with Crippen molar-refractivity contribution >= 4 is 17.2 Å². The van der Waals surface area contributed by atoms with Gasteiger partial charge in [0.25, 0.3) is 5.91 Å². The number of anilines is 1. The van der Waals surface area contributed by atoms with E-state index < -0.39 is 17.6 Å². The second-order valence-electron chi connectivity index (χ2n) is 8.99. The van der Waals surface area contributed by atoms with Crippen LogP contribution in [0, 0.1) is 6.92 Å². The lowest BCUT2D eigenvalue weighted by Gasteiger charge is -2.19. The first-order valence-electron chi connectivity index (χ1n) is 12.6. The number of rotatable bonds is 10. The first-order valence-corrected chi connectivity index (χ1v) is 12.6. The minimum Gasteiger partial charge on any atom is -0.493 e. The number of ether oxygens (including phenoxy) is 1. The molecule has 0 atom stereocenters. The first kappa shape index (κ1) is 27.2. The maximum Gasteiger partial charge on any atom is 0.420 e. The van der Waals surface area contributed by atoms with Crippen LogP contribution in [-0.4, -0.2) is 46.4 Å². The first-order chi connectivity index (χ1) is 18.2. The third-order valence-corrected chi connectivity index (χ3v) is 6.51. The van der Waals surface area contributed by atoms with Gasteiger partial charge in [-0.05, 0) is 74.5 Å². The molecule has 2 aromatic heterocycles. The highest BCUT2D eigenvalue weighted by Crippen LogP contribution is 2.38. The zero-order valence-electron chi connectivity index (χ0n) is 21.7. The second kappa shape index (κ2) is 11.7. The van der Waals surface area contributed by atoms with E-state index in [1.807, 2.05) is 55.6 Å². The second-order valence-corrected chi connectivity index (χ2v) is 8.99. The van der Waals surface area contributed by atoms with E-state index in [1.165, 1.54) is 12.1 Å². The highest BCUT2D eigenvalue weighted by atomic mass is 19.4. The van der Waals surface area contributed by atoms with E-state index >= 15 is 0 Å². The molecule has 4 aromatic rings. The number of aryl methyl sites for hydroxylation is 1. The number of carbonyl (C=O) groups is 1. The number of halogens is 3. The van der Waals surface area contributed by atoms with Gasteiger partial charge in [0.05, 0.1) is 24.1 Å². The number of pyridine rings is 1. The van der Waals surface area contributed by atoms with Crippen LogP contribution in [0.4, 0.5) is 18.9 Å². The van der Waals surface area contributed by atoms with E-state index in [0.29, 0.717) is 12.0 Å². The number of amides is 1. The largest absolute Gasteiger partial charge is 0.493 e. The number of imidazole rings is 1. The molecule has 0 unspecified atom stereocenters. The van der Waals surface area contributed by atoms with Crippen molar-refractivity contribution in [3.63, 3.8) is 0 Å². The van der Waals surface area contributed by atoms with E-state index in [9.17, 15) is 18.0 Å². The standard InChI is InChI=1S/C29H31F3N4O2/c1-4-35(5-2)14-8-16-38-26-13-12-22(18-24(26)29(30,31)32)34-28(37)21-11-10-20(3)23(17-21)25-19-33-27-9-6-7-15-36(25)27/h6-7,9-13,15,17-19H,4-5,8,14,16H2,1-3H3,(H,34,37). The lowest BCUT2D eigenvalue weighted by atomic mass is 10.0. The topological polar surface area (TPSA) is 58.9 Å². The molecular weight excluding hydrogens is 493 g/mol. The van der Waals surface area contributed by atoms with Crippen LogP contribution in [0.15, 0.2) is 67.0 Å². The Hall–Kier alpha value is -3.85. The van der Waals surface area contributed by atoms with Gasteiger partial charge in [0.1, 0.15) is 11.4 Å². The van der Waals surface area contributed by atoms with Crippen LogP contribution in [0.3, 0.4) is 0 Å². The number of hydrogen-bond donors (Lipinski definition) is 1. The Morgan fingerprint density at radius 2 is 1.87 bits per heavy atom. The third kappa shape index (κ3) is 6.16. The molecule has 1 amide bonds. The molecule has 0 aliphatic heterocycles. The molecule has 0 aliphatic rings. The number of alkyl halides is 3. The smallest absolute Gasteiger partial charge is 0.420 e. The van der Waals surface area contributed by atoms with Gasteiger partial charge in [0.15, 0.2) is 0 Å². The molecule has 4 rings (SSSR count). The number of fused-ring (bicyclic) bond motifs is 1. The maximum atomic E-state index is 13.8. The zero-order valence-corrected chi connectivity index (χ0v) is 21.7. The molecule has 2 heterocycles. The summed E-state index contributed by atoms with van der Waals surface area (Å²) in [6.45, 7) is 8.67. The molecule has 0 saturated heterocycles. The molecule has 0 bridgehead atoms. The summed E-state index contributed by atoms with van der Waals surface area (Å²) in [5.74, 6) is -0.763. The molecule has 200 valence electrons. The fraction of sp³-hybridized carbons (Fsp3) is 0.310. The maximum absolute atomic E-state index is 13.8. The van der Waals surface area contributed by atoms with Gasteiger partial charge in [0, 0.05) is 29.6 Å². The minimum atomic E-state index is -4.63. The third-order valence-electron chi connectivity index (χ3n) is 6.51. The van der Waals surface area contributed by atoms with Gasteiger partial charge in [-0.3, -0.25) is 9.20 Å². The van der Waals surface area contributed by atoms with Crippen LogP contribution in [0.5, 0.6) is 5.75 Å². The van der Waals surface area contributed by atoms with Crippen LogP contribution in [-0.2, 0) is 6.18 Å². The Morgan fingerprint density at radius 3 is 2.61 bits per heavy atom. The molecule has 38 heavy (non-hydrogen) atoms. The van der Waals surface area contributed by atoms with Crippen molar-refractivity contribution in [3.8, 4) is 17.0 Å². The van der Waals surface area contributed by atoms with Crippen molar-refractivity contribution in [2.24, 2.45) is 0 Å². The number of carbonyl (C=O) groups excluding carboxylic acids is 1. The van der Waals surface area contributed by atoms with Gasteiger partial charge >= 0.3 is 6.18 Å². The summed E-state index contributed by atoms with van der Waals surface area (Å²) in [6, 6.07) is 14.4. The molecule has 0 fully saturated rings. The van der Waals surface area contributed by atoms with Crippen molar-refractivity contribution < 1.29 is 22.7 Å². The number of benzene rings is 2. The van der Waals surface area contributed by atoms with E-state index in [-0.39, 0.29) is 18.0 Å². The minimum absolute atomic E-state index is 0.0368.